The maximum absolute atomic E-state index is 9.85. The van der Waals surface area contributed by atoms with E-state index in [4.69, 9.17) is 4.98 Å². The van der Waals surface area contributed by atoms with Crippen molar-refractivity contribution in [2.45, 2.75) is 45.6 Å². The number of H-pyrrole nitrogens is 1. The number of fused-ring (bicyclic) bond motifs is 5. The van der Waals surface area contributed by atoms with Gasteiger partial charge < -0.3 is 10.1 Å². The van der Waals surface area contributed by atoms with E-state index >= 15 is 0 Å². The van der Waals surface area contributed by atoms with Crippen molar-refractivity contribution in [2.75, 3.05) is 0 Å². The SMILES string of the molecule is Cc1ncc2c(n1)-c1c([nH]c3ccc(C#CC(C)(C)O)cc13)CCC2. The summed E-state index contributed by atoms with van der Waals surface area (Å²) in [5.74, 6) is 6.75. The van der Waals surface area contributed by atoms with E-state index in [1.165, 1.54) is 16.8 Å². The molecule has 0 aliphatic heterocycles. The summed E-state index contributed by atoms with van der Waals surface area (Å²) in [4.78, 5) is 12.7. The third kappa shape index (κ3) is 3.04. The second kappa shape index (κ2) is 5.72. The minimum absolute atomic E-state index is 0.791. The fourth-order valence-electron chi connectivity index (χ4n) is 3.36. The molecule has 3 aromatic rings. The highest BCUT2D eigenvalue weighted by molar-refractivity contribution is 5.98. The Morgan fingerprint density at radius 3 is 2.88 bits per heavy atom. The minimum atomic E-state index is -0.999. The second-order valence-electron chi connectivity index (χ2n) is 7.19. The van der Waals surface area contributed by atoms with E-state index in [9.17, 15) is 5.11 Å². The van der Waals surface area contributed by atoms with E-state index in [2.05, 4.69) is 33.9 Å². The van der Waals surface area contributed by atoms with E-state index in [0.29, 0.717) is 0 Å². The van der Waals surface area contributed by atoms with Gasteiger partial charge >= 0.3 is 0 Å². The average Bonchev–Trinajstić information content (AvgIpc) is 2.81. The van der Waals surface area contributed by atoms with E-state index in [0.717, 1.165) is 47.2 Å². The van der Waals surface area contributed by atoms with Crippen LogP contribution in [-0.4, -0.2) is 25.7 Å². The summed E-state index contributed by atoms with van der Waals surface area (Å²) in [6.07, 6.45) is 5.05. The molecule has 0 saturated carbocycles. The van der Waals surface area contributed by atoms with Crippen LogP contribution >= 0.6 is 0 Å². The number of nitrogens with zero attached hydrogens (tertiary/aromatic N) is 2. The summed E-state index contributed by atoms with van der Waals surface area (Å²) in [5, 5.41) is 11.0. The average molecular weight is 331 g/mol. The molecule has 126 valence electrons. The zero-order chi connectivity index (χ0) is 17.6. The highest BCUT2D eigenvalue weighted by Crippen LogP contribution is 2.37. The third-order valence-electron chi connectivity index (χ3n) is 4.48. The first-order valence-corrected chi connectivity index (χ1v) is 8.64. The Morgan fingerprint density at radius 2 is 2.08 bits per heavy atom. The van der Waals surface area contributed by atoms with E-state index < -0.39 is 5.60 Å². The molecule has 0 saturated heterocycles. The van der Waals surface area contributed by atoms with E-state index in [1.807, 2.05) is 19.2 Å². The second-order valence-corrected chi connectivity index (χ2v) is 7.19. The number of rotatable bonds is 0. The molecule has 0 amide bonds. The van der Waals surface area contributed by atoms with Gasteiger partial charge in [-0.2, -0.15) is 0 Å². The zero-order valence-electron chi connectivity index (χ0n) is 14.8. The van der Waals surface area contributed by atoms with Crippen LogP contribution in [0.1, 0.15) is 42.9 Å². The largest absolute Gasteiger partial charge is 0.378 e. The van der Waals surface area contributed by atoms with Crippen LogP contribution in [0.4, 0.5) is 0 Å². The van der Waals surface area contributed by atoms with Crippen molar-refractivity contribution in [1.29, 1.82) is 0 Å². The number of aromatic nitrogens is 3. The van der Waals surface area contributed by atoms with E-state index in [1.54, 1.807) is 13.8 Å². The molecule has 4 nitrogen and oxygen atoms in total. The van der Waals surface area contributed by atoms with Gasteiger partial charge in [0.25, 0.3) is 0 Å². The third-order valence-corrected chi connectivity index (χ3v) is 4.48. The van der Waals surface area contributed by atoms with Crippen molar-refractivity contribution >= 4 is 10.9 Å². The van der Waals surface area contributed by atoms with Crippen molar-refractivity contribution in [3.8, 4) is 23.1 Å². The number of nitrogens with one attached hydrogen (secondary N) is 1. The van der Waals surface area contributed by atoms with Crippen LogP contribution in [0.5, 0.6) is 0 Å². The highest BCUT2D eigenvalue weighted by Gasteiger charge is 2.21. The van der Waals surface area contributed by atoms with Gasteiger partial charge in [-0.15, -0.1) is 0 Å². The summed E-state index contributed by atoms with van der Waals surface area (Å²) in [6.45, 7) is 5.31. The topological polar surface area (TPSA) is 61.8 Å². The van der Waals surface area contributed by atoms with E-state index in [-0.39, 0.29) is 0 Å². The number of benzene rings is 1. The van der Waals surface area contributed by atoms with Crippen LogP contribution < -0.4 is 0 Å². The van der Waals surface area contributed by atoms with Gasteiger partial charge in [0.15, 0.2) is 0 Å². The summed E-state index contributed by atoms with van der Waals surface area (Å²) in [6, 6.07) is 6.14. The lowest BCUT2D eigenvalue weighted by Crippen LogP contribution is -2.14. The Hall–Kier alpha value is -2.64. The lowest BCUT2D eigenvalue weighted by molar-refractivity contribution is 0.143. The Bertz CT molecular complexity index is 1030. The van der Waals surface area contributed by atoms with Gasteiger partial charge in [0.05, 0.1) is 5.69 Å². The normalized spacial score (nSPS) is 13.6. The fourth-order valence-corrected chi connectivity index (χ4v) is 3.36. The molecule has 4 heteroatoms. The maximum Gasteiger partial charge on any atom is 0.125 e. The molecule has 2 heterocycles. The molecule has 2 aromatic heterocycles. The number of hydrogen-bond acceptors (Lipinski definition) is 3. The fraction of sp³-hybridized carbons (Fsp3) is 0.333. The number of aliphatic hydroxyl groups is 1. The standard InChI is InChI=1S/C21H21N3O/c1-13-22-12-15-5-4-6-18-19(20(15)23-13)16-11-14(7-8-17(16)24-18)9-10-21(2,3)25/h7-8,11-12,24-25H,4-6H2,1-3H3. The van der Waals surface area contributed by atoms with Gasteiger partial charge in [-0.05, 0) is 63.8 Å². The highest BCUT2D eigenvalue weighted by atomic mass is 16.3. The van der Waals surface area contributed by atoms with Gasteiger partial charge in [0.2, 0.25) is 0 Å². The minimum Gasteiger partial charge on any atom is -0.378 e. The van der Waals surface area contributed by atoms with Crippen molar-refractivity contribution in [2.24, 2.45) is 0 Å². The van der Waals surface area contributed by atoms with Gasteiger partial charge in [-0.25, -0.2) is 9.97 Å². The first kappa shape index (κ1) is 15.9. The molecular formula is C21H21N3O. The summed E-state index contributed by atoms with van der Waals surface area (Å²) in [7, 11) is 0. The Morgan fingerprint density at radius 1 is 1.24 bits per heavy atom. The van der Waals surface area contributed by atoms with Crippen molar-refractivity contribution < 1.29 is 5.11 Å². The Kier molecular flexibility index (Phi) is 3.63. The molecule has 2 N–H and O–H groups in total. The maximum atomic E-state index is 9.85. The lowest BCUT2D eigenvalue weighted by Gasteiger charge is -2.07. The molecule has 0 bridgehead atoms. The quantitative estimate of drug-likeness (QED) is 0.619. The Balaban J connectivity index is 1.95. The van der Waals surface area contributed by atoms with Crippen LogP contribution in [0.25, 0.3) is 22.2 Å². The van der Waals surface area contributed by atoms with Crippen molar-refractivity contribution in [3.63, 3.8) is 0 Å². The molecule has 0 atom stereocenters. The summed E-state index contributed by atoms with van der Waals surface area (Å²) in [5.41, 5.74) is 5.66. The van der Waals surface area contributed by atoms with Crippen LogP contribution in [0.3, 0.4) is 0 Å². The predicted octanol–water partition coefficient (Wildman–Crippen LogP) is 3.54. The Labute approximate surface area is 147 Å². The molecule has 0 unspecified atom stereocenters. The molecule has 1 aliphatic rings. The van der Waals surface area contributed by atoms with Crippen LogP contribution in [0, 0.1) is 18.8 Å². The molecule has 4 rings (SSSR count). The molecule has 1 aliphatic carbocycles. The molecular weight excluding hydrogens is 310 g/mol. The van der Waals surface area contributed by atoms with Gasteiger partial charge in [0.1, 0.15) is 11.4 Å². The smallest absolute Gasteiger partial charge is 0.125 e. The monoisotopic (exact) mass is 331 g/mol. The number of aryl methyl sites for hydroxylation is 3. The number of aromatic amines is 1. The lowest BCUT2D eigenvalue weighted by atomic mass is 10.0. The molecule has 0 radical (unpaired) electrons. The predicted molar refractivity (Wildman–Crippen MR) is 99.3 cm³/mol. The first-order chi connectivity index (χ1) is 11.9. The van der Waals surface area contributed by atoms with Crippen molar-refractivity contribution in [3.05, 3.63) is 47.0 Å². The molecule has 0 fully saturated rings. The summed E-state index contributed by atoms with van der Waals surface area (Å²) < 4.78 is 0. The van der Waals surface area contributed by atoms with Crippen LogP contribution in [0.2, 0.25) is 0 Å². The summed E-state index contributed by atoms with van der Waals surface area (Å²) >= 11 is 0. The van der Waals surface area contributed by atoms with Crippen molar-refractivity contribution in [1.82, 2.24) is 15.0 Å². The molecule has 25 heavy (non-hydrogen) atoms. The molecule has 1 aromatic carbocycles. The van der Waals surface area contributed by atoms with Crippen LogP contribution in [-0.2, 0) is 12.8 Å². The van der Waals surface area contributed by atoms with Crippen LogP contribution in [0.15, 0.2) is 24.4 Å². The molecule has 0 spiro atoms. The number of hydrogen-bond donors (Lipinski definition) is 2. The zero-order valence-corrected chi connectivity index (χ0v) is 14.8. The van der Waals surface area contributed by atoms with Gasteiger partial charge in [-0.3, -0.25) is 0 Å². The van der Waals surface area contributed by atoms with Gasteiger partial charge in [0, 0.05) is 33.9 Å². The first-order valence-electron chi connectivity index (χ1n) is 8.64. The van der Waals surface area contributed by atoms with Gasteiger partial charge in [-0.1, -0.05) is 11.8 Å².